The second-order valence-electron chi connectivity index (χ2n) is 12.8. The van der Waals surface area contributed by atoms with Crippen molar-refractivity contribution in [1.29, 1.82) is 0 Å². The average molecular weight is 711 g/mol. The van der Waals surface area contributed by atoms with Crippen molar-refractivity contribution in [2.24, 2.45) is 5.92 Å². The lowest BCUT2D eigenvalue weighted by atomic mass is 9.91. The maximum Gasteiger partial charge on any atom is 0.335 e. The quantitative estimate of drug-likeness (QED) is 0.0697. The molecule has 9 nitrogen and oxygen atoms in total. The van der Waals surface area contributed by atoms with Gasteiger partial charge in [0.15, 0.2) is 6.29 Å². The number of benzene rings is 4. The average Bonchev–Trinajstić information content (AvgIpc) is 3.15. The van der Waals surface area contributed by atoms with Gasteiger partial charge in [-0.25, -0.2) is 4.79 Å². The molecule has 1 heterocycles. The molecule has 1 saturated heterocycles. The minimum Gasteiger partial charge on any atom is -0.478 e. The zero-order chi connectivity index (χ0) is 36.2. The molecule has 0 saturated carbocycles. The normalized spacial score (nSPS) is 18.6. The summed E-state index contributed by atoms with van der Waals surface area (Å²) in [5, 5.41) is 24.7. The van der Waals surface area contributed by atoms with Crippen LogP contribution in [0.4, 0.5) is 0 Å². The summed E-state index contributed by atoms with van der Waals surface area (Å²) >= 11 is 1.62. The summed E-state index contributed by atoms with van der Waals surface area (Å²) in [5.41, 5.74) is 6.03. The Morgan fingerprint density at radius 2 is 1.51 bits per heavy atom. The summed E-state index contributed by atoms with van der Waals surface area (Å²) in [6, 6.07) is 30.9. The third kappa shape index (κ3) is 10.8. The van der Waals surface area contributed by atoms with Gasteiger partial charge >= 0.3 is 5.97 Å². The van der Waals surface area contributed by atoms with Gasteiger partial charge in [0.2, 0.25) is 11.8 Å². The van der Waals surface area contributed by atoms with Gasteiger partial charge in [-0.2, -0.15) is 0 Å². The minimum absolute atomic E-state index is 0.00560. The minimum atomic E-state index is -0.953. The van der Waals surface area contributed by atoms with Crippen molar-refractivity contribution in [2.75, 3.05) is 12.3 Å². The summed E-state index contributed by atoms with van der Waals surface area (Å²) < 4.78 is 13.3. The monoisotopic (exact) mass is 710 g/mol. The number of carboxylic acid groups (broad SMARTS) is 1. The zero-order valence-electron chi connectivity index (χ0n) is 29.0. The van der Waals surface area contributed by atoms with E-state index in [-0.39, 0.29) is 42.1 Å². The van der Waals surface area contributed by atoms with Crippen molar-refractivity contribution in [1.82, 2.24) is 10.6 Å². The predicted octanol–water partition coefficient (Wildman–Crippen LogP) is 7.44. The highest BCUT2D eigenvalue weighted by Gasteiger charge is 2.38. The number of unbranched alkanes of at least 4 members (excludes halogenated alkanes) is 2. The number of carbonyl (C=O) groups excluding carboxylic acids is 2. The molecule has 51 heavy (non-hydrogen) atoms. The van der Waals surface area contributed by atoms with E-state index in [4.69, 9.17) is 9.47 Å². The Morgan fingerprint density at radius 1 is 0.804 bits per heavy atom. The van der Waals surface area contributed by atoms with Gasteiger partial charge in [-0.1, -0.05) is 86.1 Å². The first kappa shape index (κ1) is 37.8. The van der Waals surface area contributed by atoms with Crippen molar-refractivity contribution >= 4 is 29.5 Å². The van der Waals surface area contributed by atoms with Crippen LogP contribution in [0, 0.1) is 5.92 Å². The highest BCUT2D eigenvalue weighted by atomic mass is 32.2. The van der Waals surface area contributed by atoms with E-state index in [1.807, 2.05) is 66.7 Å². The number of hydrogen-bond donors (Lipinski definition) is 4. The van der Waals surface area contributed by atoms with Crippen LogP contribution in [-0.2, 0) is 32.2 Å². The Kier molecular flexibility index (Phi) is 13.8. The molecular weight excluding hydrogens is 665 g/mol. The van der Waals surface area contributed by atoms with Crippen LogP contribution in [-0.4, -0.2) is 46.4 Å². The molecule has 4 N–H and O–H groups in total. The molecule has 10 heteroatoms. The summed E-state index contributed by atoms with van der Waals surface area (Å²) in [6.07, 6.45) is 1.90. The lowest BCUT2D eigenvalue weighted by Crippen LogP contribution is -2.38. The van der Waals surface area contributed by atoms with Crippen molar-refractivity contribution in [2.45, 2.75) is 76.1 Å². The fourth-order valence-corrected chi connectivity index (χ4v) is 7.16. The lowest BCUT2D eigenvalue weighted by molar-refractivity contribution is -0.268. The van der Waals surface area contributed by atoms with Crippen LogP contribution in [0.25, 0.3) is 11.1 Å². The Balaban J connectivity index is 1.26. The number of ether oxygens (including phenoxy) is 2. The Bertz CT molecular complexity index is 1750. The van der Waals surface area contributed by atoms with Crippen LogP contribution >= 0.6 is 11.8 Å². The number of nitrogens with one attached hydrogen (secondary N) is 2. The molecular formula is C41H46N2O7S. The van der Waals surface area contributed by atoms with Gasteiger partial charge in [0, 0.05) is 48.6 Å². The molecule has 4 aromatic carbocycles. The molecule has 5 rings (SSSR count). The molecule has 4 aromatic rings. The van der Waals surface area contributed by atoms with E-state index in [9.17, 15) is 24.6 Å². The first-order valence-corrected chi connectivity index (χ1v) is 18.4. The van der Waals surface area contributed by atoms with E-state index in [0.717, 1.165) is 57.5 Å². The van der Waals surface area contributed by atoms with Crippen molar-refractivity contribution in [3.8, 4) is 11.1 Å². The summed E-state index contributed by atoms with van der Waals surface area (Å²) in [7, 11) is 0. The molecule has 0 bridgehead atoms. The van der Waals surface area contributed by atoms with Gasteiger partial charge in [-0.3, -0.25) is 9.59 Å². The number of carboxylic acids is 1. The number of carbonyl (C=O) groups is 3. The van der Waals surface area contributed by atoms with E-state index in [0.29, 0.717) is 25.3 Å². The molecule has 2 amide bonds. The van der Waals surface area contributed by atoms with Gasteiger partial charge in [-0.15, -0.1) is 11.8 Å². The standard InChI is InChI=1S/C41H46N2O7S/c1-27-37(26-51-35-21-19-32(20-22-35)40(47)48)49-41(50-39(27)31-13-11-29(25-44)12-14-31)33-17-15-30(16-18-33)36-9-6-5-8-34(36)24-43-38(46)10-4-3-7-23-42-28(2)45/h5-6,8-9,11-22,27,37,39,41,44H,3-4,7,10,23-26H2,1-2H3,(H,42,45)(H,43,46)(H,47,48)/t27-,37+,39+,41+/m1/s1. The Hall–Kier alpha value is -4.48. The highest BCUT2D eigenvalue weighted by Crippen LogP contribution is 2.43. The highest BCUT2D eigenvalue weighted by molar-refractivity contribution is 7.99. The van der Waals surface area contributed by atoms with Crippen LogP contribution in [0.3, 0.4) is 0 Å². The van der Waals surface area contributed by atoms with E-state index in [1.165, 1.54) is 6.92 Å². The van der Waals surface area contributed by atoms with E-state index >= 15 is 0 Å². The molecule has 0 aliphatic carbocycles. The summed E-state index contributed by atoms with van der Waals surface area (Å²) in [4.78, 5) is 35.8. The fraction of sp³-hybridized carbons (Fsp3) is 0.341. The maximum absolute atomic E-state index is 12.6. The van der Waals surface area contributed by atoms with Crippen molar-refractivity contribution in [3.63, 3.8) is 0 Å². The molecule has 1 aliphatic heterocycles. The second kappa shape index (κ2) is 18.7. The molecule has 1 fully saturated rings. The second-order valence-corrected chi connectivity index (χ2v) is 13.9. The Morgan fingerprint density at radius 3 is 2.20 bits per heavy atom. The third-order valence-electron chi connectivity index (χ3n) is 9.08. The molecule has 0 aromatic heterocycles. The van der Waals surface area contributed by atoms with Gasteiger partial charge in [0.05, 0.1) is 24.4 Å². The van der Waals surface area contributed by atoms with Crippen LogP contribution in [0.1, 0.15) is 84.5 Å². The lowest BCUT2D eigenvalue weighted by Gasteiger charge is -2.41. The number of aromatic carboxylic acids is 1. The first-order chi connectivity index (χ1) is 24.7. The van der Waals surface area contributed by atoms with E-state index < -0.39 is 12.3 Å². The predicted molar refractivity (Wildman–Crippen MR) is 198 cm³/mol. The smallest absolute Gasteiger partial charge is 0.335 e. The van der Waals surface area contributed by atoms with Crippen LogP contribution < -0.4 is 10.6 Å². The molecule has 4 atom stereocenters. The van der Waals surface area contributed by atoms with Gasteiger partial charge in [0.25, 0.3) is 0 Å². The molecule has 0 spiro atoms. The molecule has 0 radical (unpaired) electrons. The zero-order valence-corrected chi connectivity index (χ0v) is 29.9. The third-order valence-corrected chi connectivity index (χ3v) is 10.2. The van der Waals surface area contributed by atoms with Crippen molar-refractivity contribution < 1.29 is 34.1 Å². The SMILES string of the molecule is CC(=O)NCCCCCC(=O)NCc1ccccc1-c1ccc([C@H]2O[C@@H](CSc3ccc(C(=O)O)cc3)[C@@H](C)[C@@H](c3ccc(CO)cc3)O2)cc1. The largest absolute Gasteiger partial charge is 0.478 e. The topological polar surface area (TPSA) is 134 Å². The number of aliphatic hydroxyl groups is 1. The van der Waals surface area contributed by atoms with Gasteiger partial charge in [0.1, 0.15) is 0 Å². The maximum atomic E-state index is 12.6. The molecule has 0 unspecified atom stereocenters. The number of aliphatic hydroxyl groups excluding tert-OH is 1. The van der Waals surface area contributed by atoms with E-state index in [2.05, 4.69) is 35.8 Å². The van der Waals surface area contributed by atoms with Crippen LogP contribution in [0.15, 0.2) is 102 Å². The van der Waals surface area contributed by atoms with Crippen molar-refractivity contribution in [3.05, 3.63) is 125 Å². The Labute approximate surface area is 303 Å². The van der Waals surface area contributed by atoms with Crippen LogP contribution in [0.2, 0.25) is 0 Å². The number of thioether (sulfide) groups is 1. The van der Waals surface area contributed by atoms with Crippen LogP contribution in [0.5, 0.6) is 0 Å². The molecule has 1 aliphatic rings. The number of rotatable bonds is 16. The van der Waals surface area contributed by atoms with E-state index in [1.54, 1.807) is 23.9 Å². The first-order valence-electron chi connectivity index (χ1n) is 17.4. The fourth-order valence-electron chi connectivity index (χ4n) is 6.09. The van der Waals surface area contributed by atoms with Gasteiger partial charge in [-0.05, 0) is 64.9 Å². The van der Waals surface area contributed by atoms with Gasteiger partial charge < -0.3 is 30.3 Å². The summed E-state index contributed by atoms with van der Waals surface area (Å²) in [5.74, 6) is -0.327. The molecule has 268 valence electrons. The number of hydrogen-bond acceptors (Lipinski definition) is 7. The summed E-state index contributed by atoms with van der Waals surface area (Å²) in [6.45, 7) is 4.64. The number of amides is 2.